The predicted octanol–water partition coefficient (Wildman–Crippen LogP) is 3.88. The number of amides is 1. The van der Waals surface area contributed by atoms with Gasteiger partial charge in [-0.1, -0.05) is 45.2 Å². The summed E-state index contributed by atoms with van der Waals surface area (Å²) in [5.41, 5.74) is 7.80. The Bertz CT molecular complexity index is 469. The third-order valence-corrected chi connectivity index (χ3v) is 4.52. The van der Waals surface area contributed by atoms with Crippen LogP contribution >= 0.6 is 0 Å². The van der Waals surface area contributed by atoms with Crippen molar-refractivity contribution in [1.82, 2.24) is 0 Å². The van der Waals surface area contributed by atoms with E-state index in [1.807, 2.05) is 12.1 Å². The van der Waals surface area contributed by atoms with Crippen LogP contribution in [0.5, 0.6) is 0 Å². The van der Waals surface area contributed by atoms with Crippen molar-refractivity contribution in [2.24, 2.45) is 11.7 Å². The second-order valence-electron chi connectivity index (χ2n) is 6.61. The maximum atomic E-state index is 12.5. The predicted molar refractivity (Wildman–Crippen MR) is 88.2 cm³/mol. The molecule has 0 saturated heterocycles. The first-order valence-corrected chi connectivity index (χ1v) is 8.23. The molecule has 0 bridgehead atoms. The van der Waals surface area contributed by atoms with Gasteiger partial charge < -0.3 is 11.1 Å². The molecule has 0 heterocycles. The number of hydrogen-bond donors (Lipinski definition) is 2. The molecule has 1 fully saturated rings. The monoisotopic (exact) mass is 288 g/mol. The quantitative estimate of drug-likeness (QED) is 0.864. The number of hydrogen-bond acceptors (Lipinski definition) is 2. The van der Waals surface area contributed by atoms with Crippen molar-refractivity contribution in [2.75, 3.05) is 5.32 Å². The van der Waals surface area contributed by atoms with Crippen molar-refractivity contribution in [3.8, 4) is 0 Å². The standard InChI is InChI=1S/C18H28N2O/c1-3-4-7-15-8-10-16(11-9-15)20-17(21)18(19)12-5-6-14(2)13-18/h8-11,14H,3-7,12-13,19H2,1-2H3,(H,20,21). The van der Waals surface area contributed by atoms with Gasteiger partial charge in [-0.05, 0) is 49.3 Å². The van der Waals surface area contributed by atoms with Crippen molar-refractivity contribution >= 4 is 11.6 Å². The summed E-state index contributed by atoms with van der Waals surface area (Å²) in [5.74, 6) is 0.501. The van der Waals surface area contributed by atoms with Crippen LogP contribution in [0.3, 0.4) is 0 Å². The summed E-state index contributed by atoms with van der Waals surface area (Å²) in [6.07, 6.45) is 7.30. The highest BCUT2D eigenvalue weighted by Gasteiger charge is 2.37. The lowest BCUT2D eigenvalue weighted by molar-refractivity contribution is -0.122. The molecule has 2 atom stereocenters. The molecule has 3 heteroatoms. The van der Waals surface area contributed by atoms with Crippen LogP contribution < -0.4 is 11.1 Å². The first-order chi connectivity index (χ1) is 10.0. The molecule has 0 aliphatic heterocycles. The fourth-order valence-corrected chi connectivity index (χ4v) is 3.19. The van der Waals surface area contributed by atoms with Crippen LogP contribution in [0, 0.1) is 5.92 Å². The Morgan fingerprint density at radius 3 is 2.71 bits per heavy atom. The summed E-state index contributed by atoms with van der Waals surface area (Å²) >= 11 is 0. The number of nitrogens with one attached hydrogen (secondary N) is 1. The molecule has 2 rings (SSSR count). The minimum absolute atomic E-state index is 0.0321. The van der Waals surface area contributed by atoms with Gasteiger partial charge in [0.15, 0.2) is 0 Å². The fraction of sp³-hybridized carbons (Fsp3) is 0.611. The number of benzene rings is 1. The maximum absolute atomic E-state index is 12.5. The van der Waals surface area contributed by atoms with E-state index in [1.54, 1.807) is 0 Å². The third-order valence-electron chi connectivity index (χ3n) is 4.52. The second-order valence-corrected chi connectivity index (χ2v) is 6.61. The van der Waals surface area contributed by atoms with E-state index in [2.05, 4.69) is 31.3 Å². The Balaban J connectivity index is 1.95. The number of rotatable bonds is 5. The van der Waals surface area contributed by atoms with Crippen molar-refractivity contribution in [1.29, 1.82) is 0 Å². The van der Waals surface area contributed by atoms with Gasteiger partial charge in [-0.15, -0.1) is 0 Å². The summed E-state index contributed by atoms with van der Waals surface area (Å²) in [6, 6.07) is 8.16. The molecule has 116 valence electrons. The molecule has 1 aliphatic rings. The van der Waals surface area contributed by atoms with Gasteiger partial charge in [-0.2, -0.15) is 0 Å². The summed E-state index contributed by atoms with van der Waals surface area (Å²) < 4.78 is 0. The summed E-state index contributed by atoms with van der Waals surface area (Å²) in [6.45, 7) is 4.37. The molecule has 1 aromatic rings. The minimum Gasteiger partial charge on any atom is -0.324 e. The molecule has 0 aromatic heterocycles. The molecule has 21 heavy (non-hydrogen) atoms. The SMILES string of the molecule is CCCCc1ccc(NC(=O)C2(N)CCCC(C)C2)cc1. The van der Waals surface area contributed by atoms with Gasteiger partial charge in [0, 0.05) is 5.69 Å². The number of nitrogens with two attached hydrogens (primary N) is 1. The number of anilines is 1. The lowest BCUT2D eigenvalue weighted by Gasteiger charge is -2.35. The normalized spacial score (nSPS) is 25.6. The smallest absolute Gasteiger partial charge is 0.244 e. The van der Waals surface area contributed by atoms with Crippen LogP contribution in [0.4, 0.5) is 5.69 Å². The Hall–Kier alpha value is -1.35. The van der Waals surface area contributed by atoms with E-state index >= 15 is 0 Å². The Morgan fingerprint density at radius 1 is 1.38 bits per heavy atom. The Kier molecular flexibility index (Phi) is 5.40. The molecule has 3 N–H and O–H groups in total. The number of unbranched alkanes of at least 4 members (excludes halogenated alkanes) is 1. The van der Waals surface area contributed by atoms with Crippen LogP contribution in [-0.2, 0) is 11.2 Å². The van der Waals surface area contributed by atoms with E-state index in [0.717, 1.165) is 31.4 Å². The third kappa shape index (κ3) is 4.31. The van der Waals surface area contributed by atoms with Crippen molar-refractivity contribution in [3.05, 3.63) is 29.8 Å². The first-order valence-electron chi connectivity index (χ1n) is 8.23. The van der Waals surface area contributed by atoms with Crippen LogP contribution in [-0.4, -0.2) is 11.4 Å². The summed E-state index contributed by atoms with van der Waals surface area (Å²) in [5, 5.41) is 2.99. The van der Waals surface area contributed by atoms with Gasteiger partial charge in [-0.3, -0.25) is 4.79 Å². The van der Waals surface area contributed by atoms with Gasteiger partial charge in [0.25, 0.3) is 0 Å². The molecule has 0 radical (unpaired) electrons. The van der Waals surface area contributed by atoms with Crippen LogP contribution in [0.1, 0.15) is 57.9 Å². The number of carbonyl (C=O) groups is 1. The first kappa shape index (κ1) is 16.0. The van der Waals surface area contributed by atoms with Crippen LogP contribution in [0.15, 0.2) is 24.3 Å². The molecule has 0 spiro atoms. The average molecular weight is 288 g/mol. The highest BCUT2D eigenvalue weighted by Crippen LogP contribution is 2.31. The minimum atomic E-state index is -0.696. The summed E-state index contributed by atoms with van der Waals surface area (Å²) in [4.78, 5) is 12.5. The summed E-state index contributed by atoms with van der Waals surface area (Å²) in [7, 11) is 0. The molecule has 3 nitrogen and oxygen atoms in total. The van der Waals surface area contributed by atoms with Gasteiger partial charge in [-0.25, -0.2) is 0 Å². The number of aryl methyl sites for hydroxylation is 1. The van der Waals surface area contributed by atoms with Crippen molar-refractivity contribution < 1.29 is 4.79 Å². The lowest BCUT2D eigenvalue weighted by Crippen LogP contribution is -2.53. The van der Waals surface area contributed by atoms with Gasteiger partial charge in [0.1, 0.15) is 0 Å². The van der Waals surface area contributed by atoms with Gasteiger partial charge in [0.05, 0.1) is 5.54 Å². The van der Waals surface area contributed by atoms with E-state index in [1.165, 1.54) is 24.8 Å². The molecule has 1 aromatic carbocycles. The van der Waals surface area contributed by atoms with E-state index in [-0.39, 0.29) is 5.91 Å². The lowest BCUT2D eigenvalue weighted by atomic mass is 9.76. The van der Waals surface area contributed by atoms with E-state index in [0.29, 0.717) is 5.92 Å². The van der Waals surface area contributed by atoms with E-state index < -0.39 is 5.54 Å². The average Bonchev–Trinajstić information content (AvgIpc) is 2.46. The second kappa shape index (κ2) is 7.08. The van der Waals surface area contributed by atoms with Crippen LogP contribution in [0.25, 0.3) is 0 Å². The zero-order chi connectivity index (χ0) is 15.3. The molecular weight excluding hydrogens is 260 g/mol. The molecular formula is C18H28N2O. The molecule has 2 unspecified atom stereocenters. The van der Waals surface area contributed by atoms with E-state index in [9.17, 15) is 4.79 Å². The Labute approximate surface area is 128 Å². The Morgan fingerprint density at radius 2 is 2.10 bits per heavy atom. The molecule has 1 amide bonds. The zero-order valence-electron chi connectivity index (χ0n) is 13.3. The van der Waals surface area contributed by atoms with Gasteiger partial charge in [0.2, 0.25) is 5.91 Å². The zero-order valence-corrected chi connectivity index (χ0v) is 13.3. The highest BCUT2D eigenvalue weighted by molar-refractivity contribution is 5.98. The molecule has 1 saturated carbocycles. The van der Waals surface area contributed by atoms with E-state index in [4.69, 9.17) is 5.73 Å². The topological polar surface area (TPSA) is 55.1 Å². The van der Waals surface area contributed by atoms with Crippen molar-refractivity contribution in [2.45, 2.75) is 64.3 Å². The fourth-order valence-electron chi connectivity index (χ4n) is 3.19. The van der Waals surface area contributed by atoms with Crippen LogP contribution in [0.2, 0.25) is 0 Å². The van der Waals surface area contributed by atoms with Crippen molar-refractivity contribution in [3.63, 3.8) is 0 Å². The molecule has 1 aliphatic carbocycles. The largest absolute Gasteiger partial charge is 0.324 e. The maximum Gasteiger partial charge on any atom is 0.244 e. The highest BCUT2D eigenvalue weighted by atomic mass is 16.2. The van der Waals surface area contributed by atoms with Gasteiger partial charge >= 0.3 is 0 Å². The number of carbonyl (C=O) groups excluding carboxylic acids is 1.